The average Bonchev–Trinajstić information content (AvgIpc) is 2.44. The quantitative estimate of drug-likeness (QED) is 0.554. The zero-order valence-corrected chi connectivity index (χ0v) is 14.9. The highest BCUT2D eigenvalue weighted by Gasteiger charge is 2.22. The largest absolute Gasteiger partial charge is 0.0579 e. The zero-order valence-electron chi connectivity index (χ0n) is 14.9. The van der Waals surface area contributed by atoms with E-state index in [0.717, 1.165) is 0 Å². The highest BCUT2D eigenvalue weighted by atomic mass is 14.3. The Bertz CT molecular complexity index is 642. The van der Waals surface area contributed by atoms with Gasteiger partial charge in [-0.25, -0.2) is 0 Å². The van der Waals surface area contributed by atoms with Crippen molar-refractivity contribution in [2.75, 3.05) is 0 Å². The van der Waals surface area contributed by atoms with Gasteiger partial charge in [0.25, 0.3) is 0 Å². The van der Waals surface area contributed by atoms with Crippen LogP contribution in [0, 0.1) is 0 Å². The molecule has 22 heavy (non-hydrogen) atoms. The Balaban J connectivity index is 2.08. The summed E-state index contributed by atoms with van der Waals surface area (Å²) in [6.45, 7) is 13.8. The third kappa shape index (κ3) is 2.72. The molecule has 0 unspecified atom stereocenters. The molecule has 0 radical (unpaired) electrons. The van der Waals surface area contributed by atoms with Crippen LogP contribution in [0.2, 0.25) is 0 Å². The van der Waals surface area contributed by atoms with Crippen molar-refractivity contribution in [3.8, 4) is 11.1 Å². The van der Waals surface area contributed by atoms with Crippen LogP contribution in [0.4, 0.5) is 0 Å². The fourth-order valence-electron chi connectivity index (χ4n) is 3.33. The molecular weight excluding hydrogens is 264 g/mol. The van der Waals surface area contributed by atoms with Gasteiger partial charge in [0.1, 0.15) is 0 Å². The van der Waals surface area contributed by atoms with E-state index in [1.165, 1.54) is 46.2 Å². The summed E-state index contributed by atoms with van der Waals surface area (Å²) in [4.78, 5) is 0. The Morgan fingerprint density at radius 1 is 0.591 bits per heavy atom. The molecule has 2 aromatic rings. The highest BCUT2D eigenvalue weighted by Crippen LogP contribution is 2.38. The summed E-state index contributed by atoms with van der Waals surface area (Å²) < 4.78 is 0. The van der Waals surface area contributed by atoms with Gasteiger partial charge in [-0.15, -0.1) is 0 Å². The maximum absolute atomic E-state index is 2.43. The maximum atomic E-state index is 2.43. The van der Waals surface area contributed by atoms with E-state index in [0.29, 0.717) is 0 Å². The molecule has 1 aliphatic carbocycles. The van der Waals surface area contributed by atoms with Crippen molar-refractivity contribution in [1.29, 1.82) is 0 Å². The summed E-state index contributed by atoms with van der Waals surface area (Å²) in [6.07, 6.45) is 2.33. The molecule has 0 heteroatoms. The number of aryl methyl sites for hydroxylation is 2. The van der Waals surface area contributed by atoms with Crippen LogP contribution in [0.1, 0.15) is 63.8 Å². The molecule has 0 fully saturated rings. The molecule has 116 valence electrons. The molecule has 0 aromatic heterocycles. The topological polar surface area (TPSA) is 0 Å². The second-order valence-electron chi connectivity index (χ2n) is 8.74. The van der Waals surface area contributed by atoms with Crippen LogP contribution >= 0.6 is 0 Å². The Morgan fingerprint density at radius 2 is 0.955 bits per heavy atom. The molecular formula is C22H28. The molecule has 0 nitrogen and oxygen atoms in total. The SMILES string of the molecule is CC(C)(C)c1ccc2c(c1)CCc1cc(C(C)(C)C)ccc1-2. The fourth-order valence-corrected chi connectivity index (χ4v) is 3.33. The molecule has 0 bridgehead atoms. The van der Waals surface area contributed by atoms with Gasteiger partial charge in [-0.05, 0) is 57.1 Å². The van der Waals surface area contributed by atoms with E-state index in [-0.39, 0.29) is 10.8 Å². The second kappa shape index (κ2) is 4.98. The van der Waals surface area contributed by atoms with E-state index in [2.05, 4.69) is 77.9 Å². The van der Waals surface area contributed by atoms with Crippen molar-refractivity contribution >= 4 is 0 Å². The van der Waals surface area contributed by atoms with E-state index < -0.39 is 0 Å². The van der Waals surface area contributed by atoms with Crippen molar-refractivity contribution < 1.29 is 0 Å². The van der Waals surface area contributed by atoms with Crippen LogP contribution in [0.15, 0.2) is 36.4 Å². The summed E-state index contributed by atoms with van der Waals surface area (Å²) in [5.41, 5.74) is 9.26. The molecule has 0 spiro atoms. The van der Waals surface area contributed by atoms with Gasteiger partial charge in [0.15, 0.2) is 0 Å². The van der Waals surface area contributed by atoms with Gasteiger partial charge >= 0.3 is 0 Å². The van der Waals surface area contributed by atoms with Gasteiger partial charge in [-0.1, -0.05) is 77.9 Å². The van der Waals surface area contributed by atoms with E-state index in [1.807, 2.05) is 0 Å². The first-order valence-electron chi connectivity index (χ1n) is 8.43. The lowest BCUT2D eigenvalue weighted by molar-refractivity contribution is 0.587. The molecule has 0 aliphatic heterocycles. The summed E-state index contributed by atoms with van der Waals surface area (Å²) in [7, 11) is 0. The Morgan fingerprint density at radius 3 is 1.27 bits per heavy atom. The Labute approximate surface area is 135 Å². The molecule has 0 N–H and O–H groups in total. The standard InChI is InChI=1S/C22H28/c1-21(2,3)17-9-11-19-15(13-17)7-8-16-14-18(22(4,5)6)10-12-20(16)19/h9-14H,7-8H2,1-6H3. The number of fused-ring (bicyclic) bond motifs is 3. The third-order valence-electron chi connectivity index (χ3n) is 4.90. The lowest BCUT2D eigenvalue weighted by Gasteiger charge is -2.27. The number of rotatable bonds is 0. The number of hydrogen-bond acceptors (Lipinski definition) is 0. The molecule has 3 rings (SSSR count). The predicted molar refractivity (Wildman–Crippen MR) is 96.7 cm³/mol. The summed E-state index contributed by atoms with van der Waals surface area (Å²) in [5.74, 6) is 0. The van der Waals surface area contributed by atoms with Gasteiger partial charge in [0, 0.05) is 0 Å². The maximum Gasteiger partial charge on any atom is -0.0132 e. The summed E-state index contributed by atoms with van der Waals surface area (Å²) in [6, 6.07) is 14.2. The van der Waals surface area contributed by atoms with Gasteiger partial charge in [-0.3, -0.25) is 0 Å². The van der Waals surface area contributed by atoms with Crippen molar-refractivity contribution in [3.05, 3.63) is 58.7 Å². The van der Waals surface area contributed by atoms with Crippen molar-refractivity contribution in [3.63, 3.8) is 0 Å². The van der Waals surface area contributed by atoms with Gasteiger partial charge in [0.2, 0.25) is 0 Å². The average molecular weight is 292 g/mol. The van der Waals surface area contributed by atoms with Crippen LogP contribution < -0.4 is 0 Å². The first-order valence-corrected chi connectivity index (χ1v) is 8.43. The lowest BCUT2D eigenvalue weighted by atomic mass is 9.78. The Hall–Kier alpha value is -1.56. The molecule has 2 aromatic carbocycles. The van der Waals surface area contributed by atoms with Crippen molar-refractivity contribution in [1.82, 2.24) is 0 Å². The van der Waals surface area contributed by atoms with E-state index >= 15 is 0 Å². The minimum absolute atomic E-state index is 0.228. The van der Waals surface area contributed by atoms with Gasteiger partial charge in [-0.2, -0.15) is 0 Å². The lowest BCUT2D eigenvalue weighted by Crippen LogP contribution is -2.15. The van der Waals surface area contributed by atoms with Crippen LogP contribution in [0.5, 0.6) is 0 Å². The molecule has 0 saturated heterocycles. The third-order valence-corrected chi connectivity index (χ3v) is 4.90. The number of hydrogen-bond donors (Lipinski definition) is 0. The van der Waals surface area contributed by atoms with Crippen LogP contribution in [0.25, 0.3) is 11.1 Å². The normalized spacial score (nSPS) is 14.5. The van der Waals surface area contributed by atoms with Gasteiger partial charge < -0.3 is 0 Å². The van der Waals surface area contributed by atoms with Crippen molar-refractivity contribution in [2.45, 2.75) is 65.2 Å². The minimum atomic E-state index is 0.228. The molecule has 0 saturated carbocycles. The monoisotopic (exact) mass is 292 g/mol. The molecule has 0 heterocycles. The second-order valence-corrected chi connectivity index (χ2v) is 8.74. The number of benzene rings is 2. The van der Waals surface area contributed by atoms with Crippen molar-refractivity contribution in [2.24, 2.45) is 0 Å². The van der Waals surface area contributed by atoms with E-state index in [4.69, 9.17) is 0 Å². The summed E-state index contributed by atoms with van der Waals surface area (Å²) >= 11 is 0. The summed E-state index contributed by atoms with van der Waals surface area (Å²) in [5, 5.41) is 0. The van der Waals surface area contributed by atoms with Crippen LogP contribution in [0.3, 0.4) is 0 Å². The first-order chi connectivity index (χ1) is 10.2. The van der Waals surface area contributed by atoms with E-state index in [9.17, 15) is 0 Å². The highest BCUT2D eigenvalue weighted by molar-refractivity contribution is 5.74. The Kier molecular flexibility index (Phi) is 3.47. The zero-order chi connectivity index (χ0) is 16.1. The molecule has 0 atom stereocenters. The van der Waals surface area contributed by atoms with Gasteiger partial charge in [0.05, 0.1) is 0 Å². The van der Waals surface area contributed by atoms with Crippen LogP contribution in [-0.2, 0) is 23.7 Å². The smallest absolute Gasteiger partial charge is 0.0132 e. The molecule has 0 amide bonds. The first kappa shape index (κ1) is 15.3. The predicted octanol–water partition coefficient (Wildman–Crippen LogP) is 6.05. The van der Waals surface area contributed by atoms with Crippen LogP contribution in [-0.4, -0.2) is 0 Å². The fraction of sp³-hybridized carbons (Fsp3) is 0.455. The minimum Gasteiger partial charge on any atom is -0.0579 e. The van der Waals surface area contributed by atoms with E-state index in [1.54, 1.807) is 0 Å². The molecule has 1 aliphatic rings.